The SMILES string of the molecule is c1ccc(-c2ccc(-c3cc(-c4cccc5sc6cc7c(cc6c45)C4(c5ccccc5S7)c5ccccc5-c5ccccc54)nc(-c4ccccc4)n3)cc2)cc1. The lowest BCUT2D eigenvalue weighted by Gasteiger charge is -2.39. The second-order valence-corrected chi connectivity index (χ2v) is 17.0. The van der Waals surface area contributed by atoms with Crippen LogP contribution >= 0.6 is 23.1 Å². The number of aromatic nitrogens is 2. The Morgan fingerprint density at radius 2 is 0.947 bits per heavy atom. The highest BCUT2D eigenvalue weighted by atomic mass is 32.2. The quantitative estimate of drug-likeness (QED) is 0.179. The summed E-state index contributed by atoms with van der Waals surface area (Å²) in [6, 6.07) is 70.6. The van der Waals surface area contributed by atoms with E-state index in [-0.39, 0.29) is 0 Å². The van der Waals surface area contributed by atoms with Gasteiger partial charge in [-0.3, -0.25) is 0 Å². The molecule has 3 heterocycles. The van der Waals surface area contributed by atoms with Crippen LogP contribution in [-0.2, 0) is 5.41 Å². The molecule has 0 unspecified atom stereocenters. The van der Waals surface area contributed by atoms with Crippen molar-refractivity contribution in [2.24, 2.45) is 0 Å². The lowest BCUT2D eigenvalue weighted by Crippen LogP contribution is -2.31. The summed E-state index contributed by atoms with van der Waals surface area (Å²) in [5, 5.41) is 2.50. The summed E-state index contributed by atoms with van der Waals surface area (Å²) in [6.07, 6.45) is 0. The van der Waals surface area contributed by atoms with E-state index in [1.165, 1.54) is 74.5 Å². The van der Waals surface area contributed by atoms with E-state index in [1.807, 2.05) is 29.2 Å². The van der Waals surface area contributed by atoms with Gasteiger partial charge in [0, 0.05) is 46.7 Å². The fourth-order valence-corrected chi connectivity index (χ4v) is 11.7. The number of hydrogen-bond donors (Lipinski definition) is 0. The zero-order valence-corrected chi connectivity index (χ0v) is 32.3. The van der Waals surface area contributed by atoms with E-state index in [1.54, 1.807) is 0 Å². The number of thiophene rings is 1. The average molecular weight is 761 g/mol. The molecule has 2 nitrogen and oxygen atoms in total. The van der Waals surface area contributed by atoms with Gasteiger partial charge in [0.15, 0.2) is 5.82 Å². The van der Waals surface area contributed by atoms with Crippen LogP contribution in [0.1, 0.15) is 22.3 Å². The van der Waals surface area contributed by atoms with Crippen molar-refractivity contribution in [3.8, 4) is 56.2 Å². The molecule has 1 aliphatic heterocycles. The van der Waals surface area contributed by atoms with E-state index < -0.39 is 5.41 Å². The first-order valence-electron chi connectivity index (χ1n) is 19.3. The average Bonchev–Trinajstić information content (AvgIpc) is 3.80. The highest BCUT2D eigenvalue weighted by Crippen LogP contribution is 2.63. The minimum atomic E-state index is -0.434. The minimum absolute atomic E-state index is 0.434. The topological polar surface area (TPSA) is 25.8 Å². The van der Waals surface area contributed by atoms with Gasteiger partial charge in [0.1, 0.15) is 0 Å². The van der Waals surface area contributed by atoms with Crippen LogP contribution in [0, 0.1) is 0 Å². The molecule has 10 aromatic rings. The van der Waals surface area contributed by atoms with Gasteiger partial charge in [-0.05, 0) is 74.8 Å². The first-order valence-corrected chi connectivity index (χ1v) is 20.9. The number of benzene rings is 8. The monoisotopic (exact) mass is 760 g/mol. The van der Waals surface area contributed by atoms with Crippen LogP contribution in [0.5, 0.6) is 0 Å². The molecule has 0 saturated heterocycles. The fourth-order valence-electron chi connectivity index (χ4n) is 9.30. The van der Waals surface area contributed by atoms with Crippen LogP contribution < -0.4 is 0 Å². The van der Waals surface area contributed by atoms with Crippen LogP contribution in [0.3, 0.4) is 0 Å². The molecule has 12 rings (SSSR count). The number of hydrogen-bond acceptors (Lipinski definition) is 4. The van der Waals surface area contributed by atoms with Gasteiger partial charge >= 0.3 is 0 Å². The molecule has 8 aromatic carbocycles. The Morgan fingerprint density at radius 3 is 1.68 bits per heavy atom. The molecule has 2 aromatic heterocycles. The first kappa shape index (κ1) is 32.6. The summed E-state index contributed by atoms with van der Waals surface area (Å²) in [4.78, 5) is 13.2. The Hall–Kier alpha value is -6.59. The third-order valence-corrected chi connectivity index (χ3v) is 14.0. The maximum Gasteiger partial charge on any atom is 0.160 e. The normalized spacial score (nSPS) is 13.3. The molecule has 1 spiro atoms. The maximum absolute atomic E-state index is 5.34. The van der Waals surface area contributed by atoms with Gasteiger partial charge < -0.3 is 0 Å². The Kier molecular flexibility index (Phi) is 7.28. The minimum Gasteiger partial charge on any atom is -0.228 e. The molecule has 0 amide bonds. The van der Waals surface area contributed by atoms with Crippen LogP contribution in [0.15, 0.2) is 204 Å². The Labute approximate surface area is 339 Å². The third kappa shape index (κ3) is 4.91. The largest absolute Gasteiger partial charge is 0.228 e. The smallest absolute Gasteiger partial charge is 0.160 e. The molecule has 0 N–H and O–H groups in total. The molecule has 1 aliphatic carbocycles. The second kappa shape index (κ2) is 12.7. The van der Waals surface area contributed by atoms with Crippen LogP contribution in [0.4, 0.5) is 0 Å². The number of rotatable bonds is 4. The van der Waals surface area contributed by atoms with Gasteiger partial charge in [-0.2, -0.15) is 0 Å². The van der Waals surface area contributed by atoms with Crippen LogP contribution in [0.2, 0.25) is 0 Å². The summed E-state index contributed by atoms with van der Waals surface area (Å²) < 4.78 is 2.54. The molecular formula is C53H32N2S2. The summed E-state index contributed by atoms with van der Waals surface area (Å²) >= 11 is 3.77. The van der Waals surface area contributed by atoms with Crippen molar-refractivity contribution in [2.75, 3.05) is 0 Å². The zero-order valence-electron chi connectivity index (χ0n) is 30.7. The van der Waals surface area contributed by atoms with Crippen molar-refractivity contribution in [2.45, 2.75) is 15.2 Å². The van der Waals surface area contributed by atoms with E-state index in [9.17, 15) is 0 Å². The molecule has 57 heavy (non-hydrogen) atoms. The van der Waals surface area contributed by atoms with E-state index in [4.69, 9.17) is 9.97 Å². The van der Waals surface area contributed by atoms with Gasteiger partial charge in [0.25, 0.3) is 0 Å². The lowest BCUT2D eigenvalue weighted by molar-refractivity contribution is 0.724. The molecule has 0 fully saturated rings. The molecule has 0 radical (unpaired) electrons. The molecule has 0 saturated carbocycles. The van der Waals surface area contributed by atoms with Crippen molar-refractivity contribution in [3.05, 3.63) is 216 Å². The standard InChI is InChI=1S/C53H32N2S2/c1-3-14-33(15-4-1)34-26-28-35(29-27-34)45-31-46(55-52(54-45)36-16-5-2-6-17-36)39-20-13-25-48-51(39)40-30-44-50(32-49(40)57-48)56-47-24-12-11-23-43(47)53(44)41-21-9-7-18-37(41)38-19-8-10-22-42(38)53/h1-32H. The van der Waals surface area contributed by atoms with Crippen molar-refractivity contribution < 1.29 is 0 Å². The summed E-state index contributed by atoms with van der Waals surface area (Å²) in [5.41, 5.74) is 15.0. The molecule has 266 valence electrons. The van der Waals surface area contributed by atoms with Gasteiger partial charge in [0.05, 0.1) is 16.8 Å². The summed E-state index contributed by atoms with van der Waals surface area (Å²) in [6.45, 7) is 0. The van der Waals surface area contributed by atoms with Gasteiger partial charge in [0.2, 0.25) is 0 Å². The lowest BCUT2D eigenvalue weighted by atomic mass is 9.67. The number of fused-ring (bicyclic) bond motifs is 12. The van der Waals surface area contributed by atoms with Crippen molar-refractivity contribution in [1.82, 2.24) is 9.97 Å². The second-order valence-electron chi connectivity index (χ2n) is 14.8. The molecular weight excluding hydrogens is 729 g/mol. The van der Waals surface area contributed by atoms with Gasteiger partial charge in [-0.25, -0.2) is 9.97 Å². The molecule has 0 bridgehead atoms. The van der Waals surface area contributed by atoms with E-state index in [0.717, 1.165) is 33.9 Å². The Morgan fingerprint density at radius 1 is 0.368 bits per heavy atom. The Balaban J connectivity index is 1.10. The number of nitrogens with zero attached hydrogens (tertiary/aromatic N) is 2. The highest BCUT2D eigenvalue weighted by Gasteiger charge is 2.50. The summed E-state index contributed by atoms with van der Waals surface area (Å²) in [7, 11) is 0. The summed E-state index contributed by atoms with van der Waals surface area (Å²) in [5.74, 6) is 0.718. The highest BCUT2D eigenvalue weighted by molar-refractivity contribution is 7.99. The van der Waals surface area contributed by atoms with E-state index >= 15 is 0 Å². The third-order valence-electron chi connectivity index (χ3n) is 11.8. The van der Waals surface area contributed by atoms with E-state index in [0.29, 0.717) is 0 Å². The van der Waals surface area contributed by atoms with Gasteiger partial charge in [-0.15, -0.1) is 11.3 Å². The zero-order chi connectivity index (χ0) is 37.5. The molecule has 2 aliphatic rings. The van der Waals surface area contributed by atoms with Crippen LogP contribution in [0.25, 0.3) is 76.3 Å². The Bertz CT molecular complexity index is 3160. The van der Waals surface area contributed by atoms with Crippen molar-refractivity contribution in [1.29, 1.82) is 0 Å². The molecule has 4 heteroatoms. The first-order chi connectivity index (χ1) is 28.2. The maximum atomic E-state index is 5.34. The predicted octanol–water partition coefficient (Wildman–Crippen LogP) is 14.3. The van der Waals surface area contributed by atoms with Crippen molar-refractivity contribution in [3.63, 3.8) is 0 Å². The van der Waals surface area contributed by atoms with Crippen LogP contribution in [-0.4, -0.2) is 9.97 Å². The fraction of sp³-hybridized carbons (Fsp3) is 0.0189. The van der Waals surface area contributed by atoms with E-state index in [2.05, 4.69) is 188 Å². The predicted molar refractivity (Wildman–Crippen MR) is 238 cm³/mol. The van der Waals surface area contributed by atoms with Crippen molar-refractivity contribution >= 4 is 43.3 Å². The molecule has 0 atom stereocenters. The van der Waals surface area contributed by atoms with Gasteiger partial charge in [-0.1, -0.05) is 176 Å².